The third-order valence-electron chi connectivity index (χ3n) is 3.26. The average molecular weight is 287 g/mol. The Morgan fingerprint density at radius 2 is 2.00 bits per heavy atom. The van der Waals surface area contributed by atoms with Crippen molar-refractivity contribution in [1.82, 2.24) is 4.31 Å². The molecule has 1 saturated heterocycles. The number of benzene rings is 1. The minimum absolute atomic E-state index is 0.296. The van der Waals surface area contributed by atoms with Gasteiger partial charge in [-0.3, -0.25) is 0 Å². The van der Waals surface area contributed by atoms with Gasteiger partial charge in [-0.15, -0.1) is 0 Å². The molecule has 19 heavy (non-hydrogen) atoms. The summed E-state index contributed by atoms with van der Waals surface area (Å²) >= 11 is 0. The Bertz CT molecular complexity index is 499. The molecule has 106 valence electrons. The van der Waals surface area contributed by atoms with Crippen LogP contribution in [0.15, 0.2) is 18.2 Å². The van der Waals surface area contributed by atoms with E-state index in [-0.39, 0.29) is 6.04 Å². The standard InChI is InChI=1S/C14H19F2NOS/c1-14(2,3)19(18)17-8-4-5-13(17)11-9-10(15)6-7-12(11)16/h6-7,9,13H,4-5,8H2,1-3H3. The van der Waals surface area contributed by atoms with Gasteiger partial charge in [0.2, 0.25) is 0 Å². The van der Waals surface area contributed by atoms with E-state index in [2.05, 4.69) is 0 Å². The van der Waals surface area contributed by atoms with Gasteiger partial charge in [0.25, 0.3) is 0 Å². The number of rotatable bonds is 2. The Hall–Kier alpha value is -0.810. The maximum atomic E-state index is 13.9. The van der Waals surface area contributed by atoms with Crippen LogP contribution in [0.5, 0.6) is 0 Å². The van der Waals surface area contributed by atoms with Crippen LogP contribution in [0.3, 0.4) is 0 Å². The zero-order valence-corrected chi connectivity index (χ0v) is 12.3. The quantitative estimate of drug-likeness (QED) is 0.814. The minimum atomic E-state index is -1.21. The lowest BCUT2D eigenvalue weighted by molar-refractivity contribution is 0.401. The van der Waals surface area contributed by atoms with Crippen molar-refractivity contribution in [2.45, 2.75) is 44.4 Å². The van der Waals surface area contributed by atoms with E-state index in [4.69, 9.17) is 0 Å². The van der Waals surface area contributed by atoms with Crippen molar-refractivity contribution in [3.05, 3.63) is 35.4 Å². The van der Waals surface area contributed by atoms with Crippen LogP contribution in [0.25, 0.3) is 0 Å². The summed E-state index contributed by atoms with van der Waals surface area (Å²) in [5.74, 6) is -0.881. The molecule has 0 aliphatic carbocycles. The highest BCUT2D eigenvalue weighted by atomic mass is 32.2. The van der Waals surface area contributed by atoms with Gasteiger partial charge >= 0.3 is 0 Å². The monoisotopic (exact) mass is 287 g/mol. The first-order valence-corrected chi connectivity index (χ1v) is 7.55. The molecule has 0 spiro atoms. The fourth-order valence-electron chi connectivity index (χ4n) is 2.37. The van der Waals surface area contributed by atoms with Crippen LogP contribution >= 0.6 is 0 Å². The Labute approximate surface area is 115 Å². The van der Waals surface area contributed by atoms with E-state index in [0.717, 1.165) is 18.6 Å². The Balaban J connectivity index is 2.33. The lowest BCUT2D eigenvalue weighted by Crippen LogP contribution is -2.37. The molecule has 0 amide bonds. The van der Waals surface area contributed by atoms with Gasteiger partial charge in [-0.05, 0) is 51.8 Å². The zero-order valence-electron chi connectivity index (χ0n) is 11.5. The van der Waals surface area contributed by atoms with Crippen LogP contribution in [0, 0.1) is 11.6 Å². The van der Waals surface area contributed by atoms with E-state index in [9.17, 15) is 13.0 Å². The molecule has 1 fully saturated rings. The highest BCUT2D eigenvalue weighted by Gasteiger charge is 2.36. The first-order valence-electron chi connectivity index (χ1n) is 6.44. The van der Waals surface area contributed by atoms with Gasteiger partial charge in [-0.25, -0.2) is 17.3 Å². The molecular formula is C14H19F2NOS. The Morgan fingerprint density at radius 3 is 2.63 bits per heavy atom. The molecule has 1 aromatic rings. The largest absolute Gasteiger partial charge is 0.242 e. The summed E-state index contributed by atoms with van der Waals surface area (Å²) in [4.78, 5) is 0. The Kier molecular flexibility index (Phi) is 4.06. The highest BCUT2D eigenvalue weighted by molar-refractivity contribution is 7.84. The SMILES string of the molecule is CC(C)(C)S(=O)N1CCCC1c1cc(F)ccc1F. The lowest BCUT2D eigenvalue weighted by Gasteiger charge is -2.30. The summed E-state index contributed by atoms with van der Waals surface area (Å²) in [6, 6.07) is 3.17. The molecule has 1 aliphatic rings. The maximum Gasteiger partial charge on any atom is 0.128 e. The second kappa shape index (κ2) is 5.29. The van der Waals surface area contributed by atoms with Crippen molar-refractivity contribution in [3.8, 4) is 0 Å². The summed E-state index contributed by atoms with van der Waals surface area (Å²) in [5, 5.41) is 0. The van der Waals surface area contributed by atoms with Gasteiger partial charge < -0.3 is 0 Å². The van der Waals surface area contributed by atoms with Crippen molar-refractivity contribution >= 4 is 11.0 Å². The van der Waals surface area contributed by atoms with E-state index in [1.54, 1.807) is 4.31 Å². The minimum Gasteiger partial charge on any atom is -0.242 e. The van der Waals surface area contributed by atoms with Crippen molar-refractivity contribution < 1.29 is 13.0 Å². The first-order chi connectivity index (χ1) is 8.80. The van der Waals surface area contributed by atoms with Crippen LogP contribution in [0.4, 0.5) is 8.78 Å². The molecule has 0 bridgehead atoms. The number of hydrogen-bond acceptors (Lipinski definition) is 1. The molecule has 2 atom stereocenters. The molecule has 2 rings (SSSR count). The molecule has 0 radical (unpaired) electrons. The van der Waals surface area contributed by atoms with E-state index in [0.29, 0.717) is 18.5 Å². The lowest BCUT2D eigenvalue weighted by atomic mass is 10.0. The van der Waals surface area contributed by atoms with Gasteiger partial charge in [0.05, 0.1) is 10.8 Å². The smallest absolute Gasteiger partial charge is 0.128 e. The van der Waals surface area contributed by atoms with Gasteiger partial charge in [-0.1, -0.05) is 0 Å². The third kappa shape index (κ3) is 3.03. The molecule has 2 nitrogen and oxygen atoms in total. The second-order valence-electron chi connectivity index (χ2n) is 5.83. The van der Waals surface area contributed by atoms with E-state index < -0.39 is 27.4 Å². The molecule has 0 N–H and O–H groups in total. The molecule has 1 aromatic carbocycles. The topological polar surface area (TPSA) is 20.3 Å². The fourth-order valence-corrected chi connectivity index (χ4v) is 3.82. The van der Waals surface area contributed by atoms with Gasteiger partial charge in [0.15, 0.2) is 0 Å². The first kappa shape index (κ1) is 14.6. The summed E-state index contributed by atoms with van der Waals surface area (Å²) in [5.41, 5.74) is 0.315. The predicted octanol–water partition coefficient (Wildman–Crippen LogP) is 3.56. The average Bonchev–Trinajstić information content (AvgIpc) is 2.78. The molecule has 1 heterocycles. The third-order valence-corrected chi connectivity index (χ3v) is 5.17. The summed E-state index contributed by atoms with van der Waals surface area (Å²) in [6.07, 6.45) is 1.56. The van der Waals surface area contributed by atoms with Crippen LogP contribution in [-0.4, -0.2) is 19.8 Å². The maximum absolute atomic E-state index is 13.9. The molecule has 0 saturated carbocycles. The zero-order chi connectivity index (χ0) is 14.2. The molecule has 2 unspecified atom stereocenters. The second-order valence-corrected chi connectivity index (χ2v) is 8.02. The van der Waals surface area contributed by atoms with Crippen LogP contribution < -0.4 is 0 Å². The van der Waals surface area contributed by atoms with Gasteiger partial charge in [0, 0.05) is 12.1 Å². The van der Waals surface area contributed by atoms with Gasteiger partial charge in [-0.2, -0.15) is 0 Å². The van der Waals surface area contributed by atoms with Crippen molar-refractivity contribution in [2.24, 2.45) is 0 Å². The summed E-state index contributed by atoms with van der Waals surface area (Å²) < 4.78 is 41.0. The molecule has 5 heteroatoms. The summed E-state index contributed by atoms with van der Waals surface area (Å²) in [6.45, 7) is 6.33. The molecule has 0 aromatic heterocycles. The van der Waals surface area contributed by atoms with Crippen LogP contribution in [-0.2, 0) is 11.0 Å². The summed E-state index contributed by atoms with van der Waals surface area (Å²) in [7, 11) is -1.21. The van der Waals surface area contributed by atoms with Gasteiger partial charge in [0.1, 0.15) is 22.6 Å². The fraction of sp³-hybridized carbons (Fsp3) is 0.571. The molecular weight excluding hydrogens is 268 g/mol. The van der Waals surface area contributed by atoms with Crippen LogP contribution in [0.2, 0.25) is 0 Å². The number of halogens is 2. The van der Waals surface area contributed by atoms with E-state index in [1.807, 2.05) is 20.8 Å². The number of nitrogens with zero attached hydrogens (tertiary/aromatic N) is 1. The van der Waals surface area contributed by atoms with Crippen molar-refractivity contribution in [3.63, 3.8) is 0 Å². The van der Waals surface area contributed by atoms with E-state index in [1.165, 1.54) is 6.07 Å². The highest BCUT2D eigenvalue weighted by Crippen LogP contribution is 2.37. The van der Waals surface area contributed by atoms with Crippen LogP contribution in [0.1, 0.15) is 45.2 Å². The van der Waals surface area contributed by atoms with Crippen molar-refractivity contribution in [2.75, 3.05) is 6.54 Å². The predicted molar refractivity (Wildman–Crippen MR) is 72.9 cm³/mol. The molecule has 1 aliphatic heterocycles. The van der Waals surface area contributed by atoms with E-state index >= 15 is 0 Å². The van der Waals surface area contributed by atoms with Crippen molar-refractivity contribution in [1.29, 1.82) is 0 Å². The Morgan fingerprint density at radius 1 is 1.32 bits per heavy atom. The number of hydrogen-bond donors (Lipinski definition) is 0. The normalized spacial score (nSPS) is 22.7.